The van der Waals surface area contributed by atoms with Crippen LogP contribution in [0.25, 0.3) is 0 Å². The molecule has 0 atom stereocenters. The molecular weight excluding hydrogens is 310 g/mol. The third-order valence-electron chi connectivity index (χ3n) is 4.08. The fourth-order valence-corrected chi connectivity index (χ4v) is 2.74. The van der Waals surface area contributed by atoms with Crippen molar-refractivity contribution in [2.45, 2.75) is 6.42 Å². The van der Waals surface area contributed by atoms with Gasteiger partial charge in [-0.25, -0.2) is 0 Å². The van der Waals surface area contributed by atoms with Gasteiger partial charge in [0.1, 0.15) is 13.2 Å². The number of anilines is 1. The Hall–Kier alpha value is -1.99. The summed E-state index contributed by atoms with van der Waals surface area (Å²) in [4.78, 5) is 14.2. The molecule has 1 saturated heterocycles. The highest BCUT2D eigenvalue weighted by Gasteiger charge is 2.12. The first-order chi connectivity index (χ1) is 11.8. The van der Waals surface area contributed by atoms with Gasteiger partial charge in [-0.3, -0.25) is 9.69 Å². The maximum Gasteiger partial charge on any atom is 0.221 e. The van der Waals surface area contributed by atoms with Gasteiger partial charge in [0.2, 0.25) is 5.91 Å². The molecule has 1 aromatic rings. The maximum atomic E-state index is 11.9. The fourth-order valence-electron chi connectivity index (χ4n) is 2.74. The molecule has 24 heavy (non-hydrogen) atoms. The molecule has 0 spiro atoms. The van der Waals surface area contributed by atoms with Crippen LogP contribution in [-0.4, -0.2) is 70.0 Å². The molecule has 0 bridgehead atoms. The standard InChI is InChI=1S/C17H25N3O4/c21-17(19-5-6-20-7-9-22-10-8-20)3-4-18-14-1-2-15-16(13-14)24-12-11-23-15/h1-2,13,18H,3-12H2,(H,19,21). The molecule has 1 fully saturated rings. The van der Waals surface area contributed by atoms with Crippen molar-refractivity contribution < 1.29 is 19.0 Å². The Labute approximate surface area is 142 Å². The minimum absolute atomic E-state index is 0.0632. The number of nitrogens with one attached hydrogen (secondary N) is 2. The average molecular weight is 335 g/mol. The summed E-state index contributed by atoms with van der Waals surface area (Å²) in [6.45, 7) is 6.77. The van der Waals surface area contributed by atoms with Crippen molar-refractivity contribution in [1.29, 1.82) is 0 Å². The van der Waals surface area contributed by atoms with Crippen LogP contribution in [0.1, 0.15) is 6.42 Å². The lowest BCUT2D eigenvalue weighted by Crippen LogP contribution is -2.41. The number of morpholine rings is 1. The first kappa shape index (κ1) is 16.9. The number of hydrogen-bond donors (Lipinski definition) is 2. The van der Waals surface area contributed by atoms with Crippen LogP contribution in [0.5, 0.6) is 11.5 Å². The molecule has 2 heterocycles. The van der Waals surface area contributed by atoms with Crippen LogP contribution in [0.15, 0.2) is 18.2 Å². The minimum Gasteiger partial charge on any atom is -0.486 e. The van der Waals surface area contributed by atoms with Crippen molar-refractivity contribution in [3.8, 4) is 11.5 Å². The molecule has 7 heteroatoms. The van der Waals surface area contributed by atoms with Crippen LogP contribution in [0.4, 0.5) is 5.69 Å². The first-order valence-corrected chi connectivity index (χ1v) is 8.51. The zero-order valence-electron chi connectivity index (χ0n) is 13.9. The number of nitrogens with zero attached hydrogens (tertiary/aromatic N) is 1. The van der Waals surface area contributed by atoms with E-state index in [9.17, 15) is 4.79 Å². The number of ether oxygens (including phenoxy) is 3. The lowest BCUT2D eigenvalue weighted by Gasteiger charge is -2.26. The molecule has 2 aliphatic rings. The van der Waals surface area contributed by atoms with E-state index in [1.165, 1.54) is 0 Å². The molecule has 0 unspecified atom stereocenters. The highest BCUT2D eigenvalue weighted by atomic mass is 16.6. The molecule has 132 valence electrons. The lowest BCUT2D eigenvalue weighted by molar-refractivity contribution is -0.120. The average Bonchev–Trinajstić information content (AvgIpc) is 2.62. The summed E-state index contributed by atoms with van der Waals surface area (Å²) < 4.78 is 16.3. The van der Waals surface area contributed by atoms with Gasteiger partial charge in [0.15, 0.2) is 11.5 Å². The third kappa shape index (κ3) is 5.01. The summed E-state index contributed by atoms with van der Waals surface area (Å²) in [6, 6.07) is 5.73. The Balaban J connectivity index is 1.31. The van der Waals surface area contributed by atoms with Gasteiger partial charge in [0, 0.05) is 50.9 Å². The smallest absolute Gasteiger partial charge is 0.221 e. The zero-order chi connectivity index (χ0) is 16.6. The van der Waals surface area contributed by atoms with Crippen molar-refractivity contribution in [3.63, 3.8) is 0 Å². The molecule has 3 rings (SSSR count). The minimum atomic E-state index is 0.0632. The normalized spacial score (nSPS) is 17.3. The van der Waals surface area contributed by atoms with E-state index in [1.54, 1.807) is 0 Å². The van der Waals surface area contributed by atoms with Gasteiger partial charge in [0.25, 0.3) is 0 Å². The molecular formula is C17H25N3O4. The Morgan fingerprint density at radius 3 is 2.67 bits per heavy atom. The Bertz CT molecular complexity index is 547. The number of fused-ring (bicyclic) bond motifs is 1. The van der Waals surface area contributed by atoms with Crippen LogP contribution in [0, 0.1) is 0 Å². The Morgan fingerprint density at radius 2 is 1.83 bits per heavy atom. The summed E-state index contributed by atoms with van der Waals surface area (Å²) in [5, 5.41) is 6.20. The fraction of sp³-hybridized carbons (Fsp3) is 0.588. The second-order valence-corrected chi connectivity index (χ2v) is 5.84. The van der Waals surface area contributed by atoms with E-state index in [0.717, 1.165) is 50.0 Å². The largest absolute Gasteiger partial charge is 0.486 e. The molecule has 0 aliphatic carbocycles. The van der Waals surface area contributed by atoms with Crippen molar-refractivity contribution in [1.82, 2.24) is 10.2 Å². The molecule has 2 aliphatic heterocycles. The van der Waals surface area contributed by atoms with Gasteiger partial charge in [-0.1, -0.05) is 0 Å². The number of rotatable bonds is 7. The molecule has 0 radical (unpaired) electrons. The van der Waals surface area contributed by atoms with Gasteiger partial charge in [-0.15, -0.1) is 0 Å². The van der Waals surface area contributed by atoms with Crippen molar-refractivity contribution in [3.05, 3.63) is 18.2 Å². The summed E-state index contributed by atoms with van der Waals surface area (Å²) in [7, 11) is 0. The topological polar surface area (TPSA) is 72.1 Å². The van der Waals surface area contributed by atoms with Crippen molar-refractivity contribution >= 4 is 11.6 Å². The number of carbonyl (C=O) groups is 1. The van der Waals surface area contributed by atoms with E-state index in [-0.39, 0.29) is 5.91 Å². The van der Waals surface area contributed by atoms with Gasteiger partial charge < -0.3 is 24.8 Å². The molecule has 2 N–H and O–H groups in total. The van der Waals surface area contributed by atoms with E-state index in [0.29, 0.717) is 32.7 Å². The maximum absolute atomic E-state index is 11.9. The molecule has 7 nitrogen and oxygen atoms in total. The molecule has 1 aromatic carbocycles. The monoisotopic (exact) mass is 335 g/mol. The quantitative estimate of drug-likeness (QED) is 0.765. The Kier molecular flexibility index (Phi) is 6.14. The third-order valence-corrected chi connectivity index (χ3v) is 4.08. The zero-order valence-corrected chi connectivity index (χ0v) is 13.9. The van der Waals surface area contributed by atoms with Gasteiger partial charge in [0.05, 0.1) is 13.2 Å². The number of benzene rings is 1. The summed E-state index contributed by atoms with van der Waals surface area (Å²) in [6.07, 6.45) is 0.442. The SMILES string of the molecule is O=C(CCNc1ccc2c(c1)OCCO2)NCCN1CCOCC1. The van der Waals surface area contributed by atoms with E-state index < -0.39 is 0 Å². The summed E-state index contributed by atoms with van der Waals surface area (Å²) in [5.74, 6) is 1.59. The number of hydrogen-bond acceptors (Lipinski definition) is 6. The van der Waals surface area contributed by atoms with E-state index in [1.807, 2.05) is 18.2 Å². The first-order valence-electron chi connectivity index (χ1n) is 8.51. The van der Waals surface area contributed by atoms with Crippen molar-refractivity contribution in [2.75, 3.05) is 64.5 Å². The number of carbonyl (C=O) groups excluding carboxylic acids is 1. The van der Waals surface area contributed by atoms with Crippen LogP contribution in [0.3, 0.4) is 0 Å². The number of amides is 1. The van der Waals surface area contributed by atoms with E-state index >= 15 is 0 Å². The van der Waals surface area contributed by atoms with Crippen LogP contribution in [-0.2, 0) is 9.53 Å². The molecule has 1 amide bonds. The second kappa shape index (κ2) is 8.75. The highest BCUT2D eigenvalue weighted by Crippen LogP contribution is 2.32. The predicted molar refractivity (Wildman–Crippen MR) is 90.8 cm³/mol. The molecule has 0 saturated carbocycles. The van der Waals surface area contributed by atoms with Crippen molar-refractivity contribution in [2.24, 2.45) is 0 Å². The van der Waals surface area contributed by atoms with E-state index in [2.05, 4.69) is 15.5 Å². The van der Waals surface area contributed by atoms with Gasteiger partial charge in [-0.05, 0) is 12.1 Å². The second-order valence-electron chi connectivity index (χ2n) is 5.84. The summed E-state index contributed by atoms with van der Waals surface area (Å²) >= 11 is 0. The summed E-state index contributed by atoms with van der Waals surface area (Å²) in [5.41, 5.74) is 0.931. The molecule has 0 aromatic heterocycles. The van der Waals surface area contributed by atoms with Gasteiger partial charge in [-0.2, -0.15) is 0 Å². The van der Waals surface area contributed by atoms with Gasteiger partial charge >= 0.3 is 0 Å². The Morgan fingerprint density at radius 1 is 1.04 bits per heavy atom. The van der Waals surface area contributed by atoms with E-state index in [4.69, 9.17) is 14.2 Å². The van der Waals surface area contributed by atoms with Crippen LogP contribution < -0.4 is 20.1 Å². The lowest BCUT2D eigenvalue weighted by atomic mass is 10.2. The van der Waals surface area contributed by atoms with Crippen LogP contribution >= 0.6 is 0 Å². The van der Waals surface area contributed by atoms with Crippen LogP contribution in [0.2, 0.25) is 0 Å². The predicted octanol–water partition coefficient (Wildman–Crippen LogP) is 0.708. The highest BCUT2D eigenvalue weighted by molar-refractivity contribution is 5.76.